The number of aliphatic hydroxyl groups excluding tert-OH is 1. The van der Waals surface area contributed by atoms with Crippen LogP contribution in [0.15, 0.2) is 0 Å². The van der Waals surface area contributed by atoms with Crippen molar-refractivity contribution in [1.29, 1.82) is 0 Å². The summed E-state index contributed by atoms with van der Waals surface area (Å²) in [7, 11) is 0. The van der Waals surface area contributed by atoms with Gasteiger partial charge in [0.2, 0.25) is 5.91 Å². The molecule has 4 nitrogen and oxygen atoms in total. The highest BCUT2D eigenvalue weighted by Gasteiger charge is 2.41. The van der Waals surface area contributed by atoms with Crippen LogP contribution in [0.4, 0.5) is 0 Å². The minimum Gasteiger partial charge on any atom is -0.396 e. The molecule has 1 aliphatic carbocycles. The van der Waals surface area contributed by atoms with E-state index in [0.29, 0.717) is 23.3 Å². The molecule has 1 aliphatic rings. The predicted molar refractivity (Wildman–Crippen MR) is 62.5 cm³/mol. The van der Waals surface area contributed by atoms with Crippen molar-refractivity contribution in [2.45, 2.75) is 48.6 Å². The SMILES string of the molecule is CC(CCO)SC1CCC(N)(C(N)=O)C1. The summed E-state index contributed by atoms with van der Waals surface area (Å²) in [4.78, 5) is 11.1. The molecule has 3 unspecified atom stereocenters. The van der Waals surface area contributed by atoms with Gasteiger partial charge in [-0.25, -0.2) is 0 Å². The van der Waals surface area contributed by atoms with Gasteiger partial charge in [0.15, 0.2) is 0 Å². The van der Waals surface area contributed by atoms with Gasteiger partial charge in [-0.15, -0.1) is 0 Å². The molecule has 1 rings (SSSR count). The highest BCUT2D eigenvalue weighted by molar-refractivity contribution is 8.00. The van der Waals surface area contributed by atoms with Crippen LogP contribution in [0.2, 0.25) is 0 Å². The normalized spacial score (nSPS) is 32.9. The number of nitrogens with two attached hydrogens (primary N) is 2. The van der Waals surface area contributed by atoms with Crippen LogP contribution in [0, 0.1) is 0 Å². The van der Waals surface area contributed by atoms with Gasteiger partial charge >= 0.3 is 0 Å². The predicted octanol–water partition coefficient (Wildman–Crippen LogP) is 0.226. The summed E-state index contributed by atoms with van der Waals surface area (Å²) in [5.41, 5.74) is 10.4. The number of amides is 1. The Labute approximate surface area is 94.8 Å². The van der Waals surface area contributed by atoms with Crippen LogP contribution >= 0.6 is 11.8 Å². The Bertz CT molecular complexity index is 237. The van der Waals surface area contributed by atoms with Gasteiger partial charge in [-0.1, -0.05) is 6.92 Å². The van der Waals surface area contributed by atoms with E-state index < -0.39 is 5.54 Å². The summed E-state index contributed by atoms with van der Waals surface area (Å²) in [5, 5.41) is 9.61. The minimum absolute atomic E-state index is 0.213. The molecule has 0 bridgehead atoms. The Kier molecular flexibility index (Phi) is 4.43. The van der Waals surface area contributed by atoms with Crippen LogP contribution in [0.5, 0.6) is 0 Å². The van der Waals surface area contributed by atoms with Gasteiger partial charge in [-0.3, -0.25) is 4.79 Å². The van der Waals surface area contributed by atoms with Gasteiger partial charge < -0.3 is 16.6 Å². The quantitative estimate of drug-likeness (QED) is 0.633. The van der Waals surface area contributed by atoms with Gasteiger partial charge in [0.1, 0.15) is 0 Å². The van der Waals surface area contributed by atoms with Crippen LogP contribution < -0.4 is 11.5 Å². The maximum Gasteiger partial charge on any atom is 0.237 e. The highest BCUT2D eigenvalue weighted by atomic mass is 32.2. The molecule has 3 atom stereocenters. The molecule has 15 heavy (non-hydrogen) atoms. The molecule has 1 fully saturated rings. The third-order valence-electron chi connectivity index (χ3n) is 2.96. The number of thioether (sulfide) groups is 1. The van der Waals surface area contributed by atoms with Crippen molar-refractivity contribution in [2.24, 2.45) is 11.5 Å². The number of rotatable bonds is 5. The summed E-state index contributed by atoms with van der Waals surface area (Å²) < 4.78 is 0. The van der Waals surface area contributed by atoms with Gasteiger partial charge in [0.25, 0.3) is 0 Å². The van der Waals surface area contributed by atoms with E-state index in [1.54, 1.807) is 11.8 Å². The fraction of sp³-hybridized carbons (Fsp3) is 0.900. The Morgan fingerprint density at radius 2 is 2.40 bits per heavy atom. The van der Waals surface area contributed by atoms with Crippen LogP contribution in [0.1, 0.15) is 32.6 Å². The molecule has 0 saturated heterocycles. The third kappa shape index (κ3) is 3.36. The maximum absolute atomic E-state index is 11.1. The summed E-state index contributed by atoms with van der Waals surface area (Å²) in [5.74, 6) is -0.389. The molecule has 1 saturated carbocycles. The molecule has 1 amide bonds. The zero-order valence-electron chi connectivity index (χ0n) is 9.11. The Morgan fingerprint density at radius 3 is 2.87 bits per heavy atom. The number of carbonyl (C=O) groups is 1. The molecule has 5 heteroatoms. The molecule has 0 aromatic heterocycles. The first kappa shape index (κ1) is 12.8. The first-order valence-electron chi connectivity index (χ1n) is 5.33. The second-order valence-electron chi connectivity index (χ2n) is 4.34. The van der Waals surface area contributed by atoms with Crippen molar-refractivity contribution in [3.8, 4) is 0 Å². The third-order valence-corrected chi connectivity index (χ3v) is 4.44. The number of hydrogen-bond donors (Lipinski definition) is 3. The summed E-state index contributed by atoms with van der Waals surface area (Å²) >= 11 is 1.80. The van der Waals surface area contributed by atoms with Crippen molar-refractivity contribution < 1.29 is 9.90 Å². The lowest BCUT2D eigenvalue weighted by Crippen LogP contribution is -2.50. The maximum atomic E-state index is 11.1. The van der Waals surface area contributed by atoms with Crippen molar-refractivity contribution in [3.05, 3.63) is 0 Å². The standard InChI is InChI=1S/C10H20N2O2S/c1-7(3-5-13)15-8-2-4-10(12,6-8)9(11)14/h7-8,13H,2-6,12H2,1H3,(H2,11,14). The van der Waals surface area contributed by atoms with E-state index in [1.807, 2.05) is 0 Å². The molecule has 0 aromatic rings. The Morgan fingerprint density at radius 1 is 1.73 bits per heavy atom. The van der Waals surface area contributed by atoms with E-state index >= 15 is 0 Å². The molecule has 0 radical (unpaired) electrons. The van der Waals surface area contributed by atoms with E-state index in [9.17, 15) is 4.79 Å². The monoisotopic (exact) mass is 232 g/mol. The molecule has 5 N–H and O–H groups in total. The topological polar surface area (TPSA) is 89.3 Å². The van der Waals surface area contributed by atoms with E-state index in [0.717, 1.165) is 12.8 Å². The molecule has 0 heterocycles. The second kappa shape index (κ2) is 5.18. The Balaban J connectivity index is 2.39. The van der Waals surface area contributed by atoms with Crippen LogP contribution in [-0.2, 0) is 4.79 Å². The molecular formula is C10H20N2O2S. The van der Waals surface area contributed by atoms with Crippen molar-refractivity contribution >= 4 is 17.7 Å². The first-order valence-corrected chi connectivity index (χ1v) is 6.27. The van der Waals surface area contributed by atoms with Gasteiger partial charge in [0, 0.05) is 17.1 Å². The van der Waals surface area contributed by atoms with Crippen LogP contribution in [0.3, 0.4) is 0 Å². The smallest absolute Gasteiger partial charge is 0.237 e. The van der Waals surface area contributed by atoms with Crippen LogP contribution in [-0.4, -0.2) is 33.7 Å². The minimum atomic E-state index is -0.795. The zero-order chi connectivity index (χ0) is 11.5. The fourth-order valence-electron chi connectivity index (χ4n) is 1.95. The lowest BCUT2D eigenvalue weighted by molar-refractivity contribution is -0.122. The van der Waals surface area contributed by atoms with E-state index in [4.69, 9.17) is 16.6 Å². The van der Waals surface area contributed by atoms with Gasteiger partial charge in [-0.2, -0.15) is 11.8 Å². The Hall–Kier alpha value is -0.260. The van der Waals surface area contributed by atoms with Crippen molar-refractivity contribution in [1.82, 2.24) is 0 Å². The van der Waals surface area contributed by atoms with Gasteiger partial charge in [0.05, 0.1) is 5.54 Å². The number of carbonyl (C=O) groups excluding carboxylic acids is 1. The average Bonchev–Trinajstić information content (AvgIpc) is 2.49. The van der Waals surface area contributed by atoms with Crippen molar-refractivity contribution in [3.63, 3.8) is 0 Å². The van der Waals surface area contributed by atoms with Crippen molar-refractivity contribution in [2.75, 3.05) is 6.61 Å². The molecular weight excluding hydrogens is 212 g/mol. The molecule has 0 aromatic carbocycles. The first-order chi connectivity index (χ1) is 6.98. The van der Waals surface area contributed by atoms with Gasteiger partial charge in [-0.05, 0) is 25.7 Å². The highest BCUT2D eigenvalue weighted by Crippen LogP contribution is 2.37. The summed E-state index contributed by atoms with van der Waals surface area (Å²) in [6.45, 7) is 2.30. The van der Waals surface area contributed by atoms with Crippen LogP contribution in [0.25, 0.3) is 0 Å². The molecule has 0 aliphatic heterocycles. The second-order valence-corrected chi connectivity index (χ2v) is 6.09. The lowest BCUT2D eigenvalue weighted by atomic mass is 9.99. The number of hydrogen-bond acceptors (Lipinski definition) is 4. The van der Waals surface area contributed by atoms with E-state index in [1.165, 1.54) is 0 Å². The average molecular weight is 232 g/mol. The summed E-state index contributed by atoms with van der Waals surface area (Å²) in [6.07, 6.45) is 3.09. The molecule has 0 spiro atoms. The summed E-state index contributed by atoms with van der Waals surface area (Å²) in [6, 6.07) is 0. The fourth-order valence-corrected chi connectivity index (χ4v) is 3.49. The van der Waals surface area contributed by atoms with E-state index in [2.05, 4.69) is 6.92 Å². The van der Waals surface area contributed by atoms with E-state index in [-0.39, 0.29) is 12.5 Å². The number of aliphatic hydroxyl groups is 1. The number of primary amides is 1. The lowest BCUT2D eigenvalue weighted by Gasteiger charge is -2.20. The largest absolute Gasteiger partial charge is 0.396 e. The zero-order valence-corrected chi connectivity index (χ0v) is 9.93. The molecule has 88 valence electrons.